The Balaban J connectivity index is 1.58. The number of aryl methyl sites for hydroxylation is 1. The third-order valence-electron chi connectivity index (χ3n) is 6.21. The molecule has 0 saturated heterocycles. The fourth-order valence-corrected chi connectivity index (χ4v) is 4.45. The molecule has 2 aromatic heterocycles. The molecule has 2 aromatic carbocycles. The Hall–Kier alpha value is -3.73. The monoisotopic (exact) mass is 474 g/mol. The van der Waals surface area contributed by atoms with E-state index in [9.17, 15) is 27.2 Å². The first kappa shape index (κ1) is 22.1. The summed E-state index contributed by atoms with van der Waals surface area (Å²) < 4.78 is 60.4. The summed E-state index contributed by atoms with van der Waals surface area (Å²) in [6, 6.07) is 5.53. The van der Waals surface area contributed by atoms with Crippen LogP contribution in [0.25, 0.3) is 21.7 Å². The molecule has 0 aliphatic carbocycles. The van der Waals surface area contributed by atoms with Crippen molar-refractivity contribution in [3.8, 4) is 0 Å². The van der Waals surface area contributed by atoms with Gasteiger partial charge in [-0.1, -0.05) is 6.07 Å². The molecule has 1 aliphatic rings. The van der Waals surface area contributed by atoms with Gasteiger partial charge in [0.2, 0.25) is 0 Å². The zero-order valence-electron chi connectivity index (χ0n) is 18.0. The van der Waals surface area contributed by atoms with Crippen LogP contribution in [-0.4, -0.2) is 39.2 Å². The van der Waals surface area contributed by atoms with Crippen LogP contribution in [0.1, 0.15) is 39.9 Å². The van der Waals surface area contributed by atoms with E-state index in [2.05, 4.69) is 10.1 Å². The molecule has 176 valence electrons. The Labute approximate surface area is 189 Å². The summed E-state index contributed by atoms with van der Waals surface area (Å²) in [5.41, 5.74) is 0.935. The number of alkyl halides is 2. The molecule has 0 bridgehead atoms. The summed E-state index contributed by atoms with van der Waals surface area (Å²) in [7, 11) is 1.51. The van der Waals surface area contributed by atoms with Gasteiger partial charge in [-0.05, 0) is 36.6 Å². The van der Waals surface area contributed by atoms with Crippen LogP contribution in [0.15, 0.2) is 35.1 Å². The first-order valence-electron chi connectivity index (χ1n) is 10.3. The molecular formula is C23H18F4N4O3. The Morgan fingerprint density at radius 3 is 2.59 bits per heavy atom. The maximum atomic E-state index is 14.1. The molecule has 4 aromatic rings. The molecule has 34 heavy (non-hydrogen) atoms. The summed E-state index contributed by atoms with van der Waals surface area (Å²) in [5, 5.41) is 4.52. The van der Waals surface area contributed by atoms with Gasteiger partial charge < -0.3 is 14.6 Å². The van der Waals surface area contributed by atoms with E-state index < -0.39 is 35.7 Å². The quantitative estimate of drug-likeness (QED) is 0.452. The van der Waals surface area contributed by atoms with Gasteiger partial charge in [-0.15, -0.1) is 0 Å². The van der Waals surface area contributed by atoms with Gasteiger partial charge in [-0.3, -0.25) is 9.59 Å². The smallest absolute Gasteiger partial charge is 0.333 e. The number of nitrogens with zero attached hydrogens (tertiary/aromatic N) is 3. The minimum absolute atomic E-state index is 0.0361. The molecule has 11 heteroatoms. The second kappa shape index (κ2) is 7.94. The van der Waals surface area contributed by atoms with Crippen LogP contribution in [0.2, 0.25) is 0 Å². The number of nitrogens with one attached hydrogen (secondary N) is 1. The molecule has 1 N–H and O–H groups in total. The van der Waals surface area contributed by atoms with Crippen LogP contribution in [0.4, 0.5) is 17.6 Å². The molecular weight excluding hydrogens is 456 g/mol. The predicted molar refractivity (Wildman–Crippen MR) is 115 cm³/mol. The molecule has 0 unspecified atom stereocenters. The van der Waals surface area contributed by atoms with Crippen LogP contribution in [0.5, 0.6) is 0 Å². The van der Waals surface area contributed by atoms with Crippen LogP contribution in [-0.2, 0) is 11.3 Å². The zero-order chi connectivity index (χ0) is 24.3. The van der Waals surface area contributed by atoms with Crippen molar-refractivity contribution in [2.45, 2.75) is 26.1 Å². The summed E-state index contributed by atoms with van der Waals surface area (Å²) in [4.78, 5) is 29.7. The highest BCUT2D eigenvalue weighted by Crippen LogP contribution is 2.34. The molecule has 3 heterocycles. The summed E-state index contributed by atoms with van der Waals surface area (Å²) in [5.74, 6) is -2.73. The summed E-state index contributed by atoms with van der Waals surface area (Å²) in [6.07, 6.45) is 0. The van der Waals surface area contributed by atoms with Crippen molar-refractivity contribution in [3.05, 3.63) is 74.8 Å². The number of fused-ring (bicyclic) bond motifs is 4. The van der Waals surface area contributed by atoms with Gasteiger partial charge in [0.15, 0.2) is 11.6 Å². The molecule has 0 saturated carbocycles. The first-order chi connectivity index (χ1) is 16.2. The third kappa shape index (κ3) is 3.35. The second-order valence-electron chi connectivity index (χ2n) is 8.14. The number of amides is 1. The second-order valence-corrected chi connectivity index (χ2v) is 8.14. The molecule has 1 aliphatic heterocycles. The molecule has 0 radical (unpaired) electrons. The van der Waals surface area contributed by atoms with Crippen molar-refractivity contribution in [1.82, 2.24) is 19.7 Å². The first-order valence-corrected chi connectivity index (χ1v) is 10.3. The average molecular weight is 474 g/mol. The lowest BCUT2D eigenvalue weighted by Gasteiger charge is -2.34. The number of aromatic amines is 1. The molecule has 0 fully saturated rings. The topological polar surface area (TPSA) is 80.2 Å². The highest BCUT2D eigenvalue weighted by Gasteiger charge is 2.31. The number of rotatable bonds is 3. The van der Waals surface area contributed by atoms with Crippen molar-refractivity contribution in [2.75, 3.05) is 13.7 Å². The Morgan fingerprint density at radius 2 is 1.88 bits per heavy atom. The maximum Gasteiger partial charge on any atom is 0.333 e. The maximum absolute atomic E-state index is 14.1. The van der Waals surface area contributed by atoms with Gasteiger partial charge in [0.05, 0.1) is 30.2 Å². The molecule has 0 spiro atoms. The number of likely N-dealkylation sites (N-methyl/N-ethyl adjacent to an activating group) is 1. The number of carbonyl (C=O) groups is 1. The average Bonchev–Trinajstić information content (AvgIpc) is 3.15. The van der Waals surface area contributed by atoms with E-state index >= 15 is 0 Å². The van der Waals surface area contributed by atoms with Gasteiger partial charge in [-0.2, -0.15) is 13.9 Å². The summed E-state index contributed by atoms with van der Waals surface area (Å²) >= 11 is 0. The summed E-state index contributed by atoms with van der Waals surface area (Å²) in [6.45, 7) is -1.21. The van der Waals surface area contributed by atoms with Crippen molar-refractivity contribution < 1.29 is 27.1 Å². The van der Waals surface area contributed by atoms with Crippen LogP contribution < -0.4 is 5.56 Å². The van der Waals surface area contributed by atoms with E-state index in [0.717, 1.165) is 12.1 Å². The predicted octanol–water partition coefficient (Wildman–Crippen LogP) is 4.20. The lowest BCUT2D eigenvalue weighted by molar-refractivity contribution is 0.0336. The number of ether oxygens (including phenoxy) is 1. The minimum atomic E-state index is -2.81. The van der Waals surface area contributed by atoms with Gasteiger partial charge in [-0.25, -0.2) is 13.5 Å². The van der Waals surface area contributed by atoms with E-state index in [0.29, 0.717) is 21.3 Å². The van der Waals surface area contributed by atoms with Crippen LogP contribution >= 0.6 is 0 Å². The fourth-order valence-electron chi connectivity index (χ4n) is 4.45. The number of pyridine rings is 1. The van der Waals surface area contributed by atoms with E-state index in [1.54, 1.807) is 6.07 Å². The van der Waals surface area contributed by atoms with Crippen molar-refractivity contribution in [1.29, 1.82) is 0 Å². The Bertz CT molecular complexity index is 1530. The Kier molecular flexibility index (Phi) is 5.16. The highest BCUT2D eigenvalue weighted by molar-refractivity contribution is 5.98. The molecule has 1 amide bonds. The largest absolute Gasteiger partial charge is 0.373 e. The number of carbonyl (C=O) groups excluding carboxylic acids is 1. The number of hydrogen-bond acceptors (Lipinski definition) is 4. The number of halogens is 4. The fraction of sp³-hybridized carbons (Fsp3) is 0.261. The van der Waals surface area contributed by atoms with E-state index in [-0.39, 0.29) is 40.8 Å². The Morgan fingerprint density at radius 1 is 1.18 bits per heavy atom. The van der Waals surface area contributed by atoms with Crippen molar-refractivity contribution >= 4 is 27.6 Å². The third-order valence-corrected chi connectivity index (χ3v) is 6.21. The van der Waals surface area contributed by atoms with Gasteiger partial charge >= 0.3 is 6.55 Å². The van der Waals surface area contributed by atoms with Gasteiger partial charge in [0.1, 0.15) is 0 Å². The van der Waals surface area contributed by atoms with E-state index in [4.69, 9.17) is 4.74 Å². The lowest BCUT2D eigenvalue weighted by Crippen LogP contribution is -2.37. The molecule has 1 atom stereocenters. The molecule has 7 nitrogen and oxygen atoms in total. The van der Waals surface area contributed by atoms with E-state index in [1.807, 2.05) is 0 Å². The molecule has 5 rings (SSSR count). The van der Waals surface area contributed by atoms with Crippen LogP contribution in [0, 0.1) is 18.6 Å². The lowest BCUT2D eigenvalue weighted by atomic mass is 9.95. The number of hydrogen-bond donors (Lipinski definition) is 1. The van der Waals surface area contributed by atoms with E-state index in [1.165, 1.54) is 31.0 Å². The number of benzene rings is 2. The standard InChI is InChI=1S/C23H18F4N4O3/c1-10-12-4-3-11(5-17(12)29-31(10)23(26)27)22(33)30(2)19-9-34-8-18-20(19)13-6-15(24)16(25)7-14(13)21(32)28-18/h3-7,19,23H,8-9H2,1-2H3,(H,28,32)/t19-/m1/s1. The van der Waals surface area contributed by atoms with Crippen molar-refractivity contribution in [3.63, 3.8) is 0 Å². The highest BCUT2D eigenvalue weighted by atomic mass is 19.3. The van der Waals surface area contributed by atoms with Crippen molar-refractivity contribution in [2.24, 2.45) is 0 Å². The number of H-pyrrole nitrogens is 1. The van der Waals surface area contributed by atoms with Gasteiger partial charge in [0.25, 0.3) is 11.5 Å². The SMILES string of the molecule is Cc1c2ccc(C(=O)N(C)[C@@H]3COCc4[nH]c(=O)c5cc(F)c(F)cc5c43)cc2nn1C(F)F. The zero-order valence-corrected chi connectivity index (χ0v) is 18.0. The normalized spacial score (nSPS) is 15.8. The van der Waals surface area contributed by atoms with Crippen LogP contribution in [0.3, 0.4) is 0 Å². The number of aromatic nitrogens is 3. The van der Waals surface area contributed by atoms with Gasteiger partial charge in [0, 0.05) is 34.9 Å². The minimum Gasteiger partial charge on any atom is -0.373 e.